The number of ether oxygens (including phenoxy) is 3. The molecule has 11 nitrogen and oxygen atoms in total. The van der Waals surface area contributed by atoms with E-state index in [1.54, 1.807) is 0 Å². The minimum Gasteiger partial charge on any atom is -0.394 e. The summed E-state index contributed by atoms with van der Waals surface area (Å²) in [6.07, 6.45) is -15.7. The van der Waals surface area contributed by atoms with Crippen LogP contribution in [-0.2, 0) is 14.2 Å². The van der Waals surface area contributed by atoms with Crippen LogP contribution in [0.2, 0.25) is 0 Å². The summed E-state index contributed by atoms with van der Waals surface area (Å²) in [6, 6.07) is 0. The van der Waals surface area contributed by atoms with Crippen LogP contribution in [0.1, 0.15) is 0 Å². The van der Waals surface area contributed by atoms with Crippen LogP contribution in [0.4, 0.5) is 0 Å². The molecule has 0 saturated carbocycles. The smallest absolute Gasteiger partial charge is 0.187 e. The van der Waals surface area contributed by atoms with Crippen LogP contribution in [0.15, 0.2) is 0 Å². The molecule has 23 heavy (non-hydrogen) atoms. The van der Waals surface area contributed by atoms with E-state index >= 15 is 0 Å². The van der Waals surface area contributed by atoms with Crippen LogP contribution in [-0.4, -0.2) is 115 Å². The van der Waals surface area contributed by atoms with E-state index in [1.807, 2.05) is 0 Å². The van der Waals surface area contributed by atoms with Gasteiger partial charge in [-0.1, -0.05) is 0 Å². The molecule has 8 N–H and O–H groups in total. The number of rotatable bonds is 4. The Morgan fingerprint density at radius 3 is 1.78 bits per heavy atom. The Kier molecular flexibility index (Phi) is 6.27. The summed E-state index contributed by atoms with van der Waals surface area (Å²) in [5.41, 5.74) is 0. The highest BCUT2D eigenvalue weighted by molar-refractivity contribution is 4.93. The van der Waals surface area contributed by atoms with E-state index in [9.17, 15) is 30.6 Å². The Balaban J connectivity index is 2.11. The molecule has 2 rings (SSSR count). The third-order valence-corrected chi connectivity index (χ3v) is 3.98. The first-order valence-corrected chi connectivity index (χ1v) is 7.08. The first-order valence-electron chi connectivity index (χ1n) is 7.08. The van der Waals surface area contributed by atoms with Gasteiger partial charge in [0.05, 0.1) is 13.2 Å². The molecular formula is C12H22O11. The van der Waals surface area contributed by atoms with Crippen molar-refractivity contribution in [3.8, 4) is 0 Å². The number of aliphatic hydroxyl groups excluding tert-OH is 8. The van der Waals surface area contributed by atoms with Gasteiger partial charge in [0.2, 0.25) is 0 Å². The molecule has 2 aliphatic rings. The fraction of sp³-hybridized carbons (Fsp3) is 1.00. The molecule has 10 atom stereocenters. The Morgan fingerprint density at radius 2 is 1.22 bits per heavy atom. The van der Waals surface area contributed by atoms with Gasteiger partial charge in [0.1, 0.15) is 48.8 Å². The van der Waals surface area contributed by atoms with Crippen molar-refractivity contribution < 1.29 is 55.1 Å². The molecule has 0 spiro atoms. The van der Waals surface area contributed by atoms with E-state index in [0.717, 1.165) is 0 Å². The molecule has 0 bridgehead atoms. The molecule has 11 heteroatoms. The monoisotopic (exact) mass is 342 g/mol. The molecule has 2 aliphatic heterocycles. The van der Waals surface area contributed by atoms with E-state index in [-0.39, 0.29) is 0 Å². The van der Waals surface area contributed by atoms with E-state index in [2.05, 4.69) is 0 Å². The summed E-state index contributed by atoms with van der Waals surface area (Å²) < 4.78 is 15.1. The predicted molar refractivity (Wildman–Crippen MR) is 68.6 cm³/mol. The van der Waals surface area contributed by atoms with Crippen LogP contribution in [0.3, 0.4) is 0 Å². The van der Waals surface area contributed by atoms with Crippen molar-refractivity contribution in [1.29, 1.82) is 0 Å². The molecular weight excluding hydrogens is 320 g/mol. The summed E-state index contributed by atoms with van der Waals surface area (Å²) in [5, 5.41) is 76.8. The van der Waals surface area contributed by atoms with Crippen molar-refractivity contribution in [2.45, 2.75) is 61.4 Å². The molecule has 136 valence electrons. The van der Waals surface area contributed by atoms with Gasteiger partial charge >= 0.3 is 0 Å². The molecule has 0 unspecified atom stereocenters. The molecule has 0 radical (unpaired) electrons. The summed E-state index contributed by atoms with van der Waals surface area (Å²) in [6.45, 7) is -1.34. The largest absolute Gasteiger partial charge is 0.394 e. The maximum absolute atomic E-state index is 10.00. The lowest BCUT2D eigenvalue weighted by atomic mass is 9.97. The number of hydrogen-bond acceptors (Lipinski definition) is 11. The Hall–Kier alpha value is -0.440. The fourth-order valence-electron chi connectivity index (χ4n) is 2.56. The minimum absolute atomic E-state index is 0.667. The summed E-state index contributed by atoms with van der Waals surface area (Å²) in [5.74, 6) is 0. The van der Waals surface area contributed by atoms with Crippen molar-refractivity contribution in [3.05, 3.63) is 0 Å². The highest BCUT2D eigenvalue weighted by atomic mass is 16.7. The summed E-state index contributed by atoms with van der Waals surface area (Å²) >= 11 is 0. The summed E-state index contributed by atoms with van der Waals surface area (Å²) in [4.78, 5) is 0. The van der Waals surface area contributed by atoms with Crippen LogP contribution >= 0.6 is 0 Å². The van der Waals surface area contributed by atoms with Crippen LogP contribution in [0, 0.1) is 0 Å². The molecule has 0 aromatic carbocycles. The van der Waals surface area contributed by atoms with E-state index in [1.165, 1.54) is 0 Å². The van der Waals surface area contributed by atoms with Crippen LogP contribution < -0.4 is 0 Å². The van der Waals surface area contributed by atoms with Gasteiger partial charge in [0, 0.05) is 0 Å². The van der Waals surface area contributed by atoms with E-state index in [0.29, 0.717) is 0 Å². The van der Waals surface area contributed by atoms with Crippen molar-refractivity contribution >= 4 is 0 Å². The maximum atomic E-state index is 10.00. The quantitative estimate of drug-likeness (QED) is 0.243. The van der Waals surface area contributed by atoms with Crippen molar-refractivity contribution in [2.24, 2.45) is 0 Å². The molecule has 0 aromatic rings. The molecule has 2 fully saturated rings. The third-order valence-electron chi connectivity index (χ3n) is 3.98. The van der Waals surface area contributed by atoms with E-state index < -0.39 is 74.6 Å². The molecule has 2 heterocycles. The van der Waals surface area contributed by atoms with Crippen molar-refractivity contribution in [2.75, 3.05) is 13.2 Å². The second-order valence-corrected chi connectivity index (χ2v) is 5.53. The second kappa shape index (κ2) is 7.63. The average molecular weight is 342 g/mol. The first-order chi connectivity index (χ1) is 10.8. The van der Waals surface area contributed by atoms with Crippen LogP contribution in [0.25, 0.3) is 0 Å². The number of hydrogen-bond donors (Lipinski definition) is 8. The molecule has 0 aromatic heterocycles. The first kappa shape index (κ1) is 18.9. The zero-order chi connectivity index (χ0) is 17.3. The topological polar surface area (TPSA) is 190 Å². The molecule has 0 amide bonds. The number of aliphatic hydroxyl groups is 8. The van der Waals surface area contributed by atoms with Crippen molar-refractivity contribution in [1.82, 2.24) is 0 Å². The zero-order valence-corrected chi connectivity index (χ0v) is 12.0. The van der Waals surface area contributed by atoms with Gasteiger partial charge in [-0.3, -0.25) is 0 Å². The fourth-order valence-corrected chi connectivity index (χ4v) is 2.56. The SMILES string of the molecule is OC[C@H]1O[C@@H](O[C@@H]2[C@@H](O)[C@H](O)O[C@H](CO)[C@@H]2O)[C@H](O)[C@@H](O)[C@H]1O. The van der Waals surface area contributed by atoms with Gasteiger partial charge in [-0.25, -0.2) is 0 Å². The lowest BCUT2D eigenvalue weighted by Gasteiger charge is -2.45. The van der Waals surface area contributed by atoms with Gasteiger partial charge < -0.3 is 55.1 Å². The molecule has 2 saturated heterocycles. The highest BCUT2D eigenvalue weighted by Gasteiger charge is 2.50. The maximum Gasteiger partial charge on any atom is 0.187 e. The van der Waals surface area contributed by atoms with Gasteiger partial charge in [-0.15, -0.1) is 0 Å². The average Bonchev–Trinajstić information content (AvgIpc) is 2.54. The predicted octanol–water partition coefficient (Wildman–Crippen LogP) is -5.40. The summed E-state index contributed by atoms with van der Waals surface area (Å²) in [7, 11) is 0. The minimum atomic E-state index is -1.76. The second-order valence-electron chi connectivity index (χ2n) is 5.53. The van der Waals surface area contributed by atoms with Gasteiger partial charge in [0.25, 0.3) is 0 Å². The Labute approximate surface area is 130 Å². The molecule has 0 aliphatic carbocycles. The highest BCUT2D eigenvalue weighted by Crippen LogP contribution is 2.28. The normalized spacial score (nSPS) is 51.7. The zero-order valence-electron chi connectivity index (χ0n) is 12.0. The standard InChI is InChI=1S/C12H22O11/c13-1-3-5(15)7(17)8(18)12(22-3)23-10-6(16)4(2-14)21-11(20)9(10)19/h3-20H,1-2H2/t3-,4-,5+,6+,7+,8-,9-,10+,11-,12+/m1/s1. The Morgan fingerprint density at radius 1 is 0.652 bits per heavy atom. The van der Waals surface area contributed by atoms with Crippen molar-refractivity contribution in [3.63, 3.8) is 0 Å². The Bertz CT molecular complexity index is 380. The van der Waals surface area contributed by atoms with Gasteiger partial charge in [-0.05, 0) is 0 Å². The van der Waals surface area contributed by atoms with E-state index in [4.69, 9.17) is 24.4 Å². The lowest BCUT2D eigenvalue weighted by Crippen LogP contribution is -2.64. The third kappa shape index (κ3) is 3.65. The van der Waals surface area contributed by atoms with Crippen LogP contribution in [0.5, 0.6) is 0 Å². The lowest BCUT2D eigenvalue weighted by molar-refractivity contribution is -0.355. The van der Waals surface area contributed by atoms with Gasteiger partial charge in [0.15, 0.2) is 12.6 Å². The van der Waals surface area contributed by atoms with Gasteiger partial charge in [-0.2, -0.15) is 0 Å².